The van der Waals surface area contributed by atoms with E-state index in [9.17, 15) is 0 Å². The van der Waals surface area contributed by atoms with Crippen molar-refractivity contribution in [1.29, 1.82) is 0 Å². The van der Waals surface area contributed by atoms with Gasteiger partial charge in [0.15, 0.2) is 0 Å². The molecule has 0 aliphatic heterocycles. The fourth-order valence-corrected chi connectivity index (χ4v) is 1.15. The minimum atomic E-state index is -0.895. The van der Waals surface area contributed by atoms with Gasteiger partial charge in [0.25, 0.3) is 0 Å². The number of nitrogens with one attached hydrogen (secondary N) is 1. The molecule has 0 bridgehead atoms. The average molecular weight is 180 g/mol. The van der Waals surface area contributed by atoms with Crippen LogP contribution in [0.1, 0.15) is 25.6 Å². The van der Waals surface area contributed by atoms with Crippen LogP contribution in [0.25, 0.3) is 0 Å². The second kappa shape index (κ2) is 4.25. The van der Waals surface area contributed by atoms with Crippen LogP contribution < -0.4 is 11.1 Å². The lowest BCUT2D eigenvalue weighted by atomic mass is 10.1. The van der Waals surface area contributed by atoms with Gasteiger partial charge in [-0.15, -0.1) is 0 Å². The van der Waals surface area contributed by atoms with E-state index in [-0.39, 0.29) is 0 Å². The molecule has 72 valence electrons. The average Bonchev–Trinajstić information content (AvgIpc) is 2.03. The highest BCUT2D eigenvalue weighted by Gasteiger charge is 2.01. The highest BCUT2D eigenvalue weighted by atomic mass is 16.3. The van der Waals surface area contributed by atoms with Crippen LogP contribution in [0.5, 0.6) is 0 Å². The molecule has 1 unspecified atom stereocenters. The van der Waals surface area contributed by atoms with E-state index in [2.05, 4.69) is 19.2 Å². The maximum atomic E-state index is 9.13. The van der Waals surface area contributed by atoms with E-state index in [4.69, 9.17) is 10.8 Å². The zero-order valence-electron chi connectivity index (χ0n) is 7.99. The fourth-order valence-electron chi connectivity index (χ4n) is 1.15. The Labute approximate surface area is 78.6 Å². The van der Waals surface area contributed by atoms with Crippen LogP contribution >= 0.6 is 0 Å². The van der Waals surface area contributed by atoms with Gasteiger partial charge in [0.1, 0.15) is 6.23 Å². The summed E-state index contributed by atoms with van der Waals surface area (Å²) in [6, 6.07) is 7.85. The summed E-state index contributed by atoms with van der Waals surface area (Å²) in [5.74, 6) is 0. The number of aliphatic hydroxyl groups excluding tert-OH is 1. The van der Waals surface area contributed by atoms with E-state index in [0.29, 0.717) is 6.04 Å². The van der Waals surface area contributed by atoms with Gasteiger partial charge < -0.3 is 16.2 Å². The van der Waals surface area contributed by atoms with Crippen molar-refractivity contribution in [1.82, 2.24) is 0 Å². The lowest BCUT2D eigenvalue weighted by Crippen LogP contribution is -2.12. The molecule has 1 rings (SSSR count). The van der Waals surface area contributed by atoms with Crippen LogP contribution in [0.15, 0.2) is 24.3 Å². The number of hydrogen-bond acceptors (Lipinski definition) is 3. The molecule has 3 nitrogen and oxygen atoms in total. The first-order chi connectivity index (χ1) is 6.09. The van der Waals surface area contributed by atoms with Gasteiger partial charge >= 0.3 is 0 Å². The summed E-state index contributed by atoms with van der Waals surface area (Å²) >= 11 is 0. The molecule has 0 fully saturated rings. The molecule has 3 heteroatoms. The van der Waals surface area contributed by atoms with Gasteiger partial charge in [-0.25, -0.2) is 0 Å². The summed E-state index contributed by atoms with van der Waals surface area (Å²) < 4.78 is 0. The molecule has 0 spiro atoms. The topological polar surface area (TPSA) is 58.3 Å². The Morgan fingerprint density at radius 1 is 1.38 bits per heavy atom. The Morgan fingerprint density at radius 2 is 2.08 bits per heavy atom. The van der Waals surface area contributed by atoms with Crippen molar-refractivity contribution in [3.8, 4) is 0 Å². The lowest BCUT2D eigenvalue weighted by molar-refractivity contribution is 0.186. The third kappa shape index (κ3) is 3.05. The van der Waals surface area contributed by atoms with Gasteiger partial charge in [0, 0.05) is 11.7 Å². The van der Waals surface area contributed by atoms with Gasteiger partial charge in [-0.1, -0.05) is 12.1 Å². The third-order valence-corrected chi connectivity index (χ3v) is 1.68. The third-order valence-electron chi connectivity index (χ3n) is 1.68. The molecule has 0 saturated carbocycles. The highest BCUT2D eigenvalue weighted by molar-refractivity contribution is 5.46. The Kier molecular flexibility index (Phi) is 3.28. The lowest BCUT2D eigenvalue weighted by Gasteiger charge is -2.12. The van der Waals surface area contributed by atoms with E-state index in [1.165, 1.54) is 0 Å². The molecule has 13 heavy (non-hydrogen) atoms. The van der Waals surface area contributed by atoms with Crippen LogP contribution in [-0.2, 0) is 0 Å². The zero-order valence-corrected chi connectivity index (χ0v) is 7.99. The summed E-state index contributed by atoms with van der Waals surface area (Å²) in [7, 11) is 0. The molecule has 0 aliphatic rings. The first-order valence-corrected chi connectivity index (χ1v) is 4.39. The monoisotopic (exact) mass is 180 g/mol. The Bertz CT molecular complexity index is 271. The molecule has 0 saturated heterocycles. The van der Waals surface area contributed by atoms with E-state index < -0.39 is 6.23 Å². The minimum Gasteiger partial charge on any atom is -0.383 e. The van der Waals surface area contributed by atoms with E-state index in [1.807, 2.05) is 18.2 Å². The van der Waals surface area contributed by atoms with Crippen molar-refractivity contribution in [3.63, 3.8) is 0 Å². The molecule has 0 aliphatic carbocycles. The Hall–Kier alpha value is -1.06. The first kappa shape index (κ1) is 10.0. The second-order valence-corrected chi connectivity index (χ2v) is 3.37. The number of hydrogen-bond donors (Lipinski definition) is 3. The molecule has 1 atom stereocenters. The van der Waals surface area contributed by atoms with E-state index in [1.54, 1.807) is 6.07 Å². The predicted molar refractivity (Wildman–Crippen MR) is 54.3 cm³/mol. The van der Waals surface area contributed by atoms with Gasteiger partial charge in [-0.2, -0.15) is 0 Å². The molecule has 1 aromatic rings. The van der Waals surface area contributed by atoms with Crippen LogP contribution in [0, 0.1) is 0 Å². The Balaban J connectivity index is 2.79. The van der Waals surface area contributed by atoms with Gasteiger partial charge in [-0.05, 0) is 31.5 Å². The largest absolute Gasteiger partial charge is 0.383 e. The number of aliphatic hydroxyl groups is 1. The summed E-state index contributed by atoms with van der Waals surface area (Å²) in [5, 5.41) is 12.4. The maximum absolute atomic E-state index is 9.13. The van der Waals surface area contributed by atoms with Crippen LogP contribution in [0.3, 0.4) is 0 Å². The van der Waals surface area contributed by atoms with Crippen molar-refractivity contribution < 1.29 is 5.11 Å². The molecule has 0 amide bonds. The van der Waals surface area contributed by atoms with Crippen molar-refractivity contribution in [2.24, 2.45) is 5.73 Å². The van der Waals surface area contributed by atoms with Gasteiger partial charge in [0.2, 0.25) is 0 Å². The van der Waals surface area contributed by atoms with Crippen LogP contribution in [-0.4, -0.2) is 11.1 Å². The van der Waals surface area contributed by atoms with Crippen LogP contribution in [0.2, 0.25) is 0 Å². The second-order valence-electron chi connectivity index (χ2n) is 3.37. The quantitative estimate of drug-likeness (QED) is 0.617. The normalized spacial score (nSPS) is 13.0. The minimum absolute atomic E-state index is 0.380. The van der Waals surface area contributed by atoms with Crippen molar-refractivity contribution in [2.75, 3.05) is 5.32 Å². The predicted octanol–water partition coefficient (Wildman–Crippen LogP) is 1.46. The molecule has 0 radical (unpaired) electrons. The summed E-state index contributed by atoms with van der Waals surface area (Å²) in [4.78, 5) is 0. The fraction of sp³-hybridized carbons (Fsp3) is 0.400. The Morgan fingerprint density at radius 3 is 2.62 bits per heavy atom. The number of anilines is 1. The van der Waals surface area contributed by atoms with Gasteiger partial charge in [-0.3, -0.25) is 0 Å². The summed E-state index contributed by atoms with van der Waals surface area (Å²) in [6.45, 7) is 4.12. The standard InChI is InChI=1S/C10H16N2O/c1-7(2)12-9-5-3-4-8(6-9)10(11)13/h3-7,10,12-13H,11H2,1-2H3. The maximum Gasteiger partial charge on any atom is 0.128 e. The van der Waals surface area contributed by atoms with Gasteiger partial charge in [0.05, 0.1) is 0 Å². The van der Waals surface area contributed by atoms with E-state index in [0.717, 1.165) is 11.3 Å². The SMILES string of the molecule is CC(C)Nc1cccc(C(N)O)c1. The van der Waals surface area contributed by atoms with Crippen molar-refractivity contribution >= 4 is 5.69 Å². The van der Waals surface area contributed by atoms with Crippen molar-refractivity contribution in [2.45, 2.75) is 26.1 Å². The smallest absolute Gasteiger partial charge is 0.128 e. The molecular formula is C10H16N2O. The molecule has 4 N–H and O–H groups in total. The molecule has 0 aromatic heterocycles. The van der Waals surface area contributed by atoms with Crippen LogP contribution in [0.4, 0.5) is 5.69 Å². The number of benzene rings is 1. The number of nitrogens with two attached hydrogens (primary N) is 1. The molecular weight excluding hydrogens is 164 g/mol. The number of rotatable bonds is 3. The zero-order chi connectivity index (χ0) is 9.84. The van der Waals surface area contributed by atoms with Crippen molar-refractivity contribution in [3.05, 3.63) is 29.8 Å². The summed E-state index contributed by atoms with van der Waals surface area (Å²) in [6.07, 6.45) is -0.895. The van der Waals surface area contributed by atoms with E-state index >= 15 is 0 Å². The molecule has 0 heterocycles. The summed E-state index contributed by atoms with van der Waals surface area (Å²) in [5.41, 5.74) is 7.05. The highest BCUT2D eigenvalue weighted by Crippen LogP contribution is 2.14. The first-order valence-electron chi connectivity index (χ1n) is 4.39. The molecule has 1 aromatic carbocycles.